The Bertz CT molecular complexity index is 456. The van der Waals surface area contributed by atoms with Crippen molar-refractivity contribution < 1.29 is 9.53 Å². The topological polar surface area (TPSA) is 38.3 Å². The summed E-state index contributed by atoms with van der Waals surface area (Å²) in [5, 5.41) is 4.63. The number of hydrogen-bond acceptors (Lipinski definition) is 2. The van der Waals surface area contributed by atoms with Gasteiger partial charge in [-0.25, -0.2) is 0 Å². The quantitative estimate of drug-likeness (QED) is 0.254. The Labute approximate surface area is 181 Å². The van der Waals surface area contributed by atoms with Crippen LogP contribution >= 0.6 is 0 Å². The number of rotatable bonds is 13. The maximum absolute atomic E-state index is 12.2. The van der Waals surface area contributed by atoms with Crippen LogP contribution in [0.3, 0.4) is 0 Å². The molecule has 166 valence electrons. The molecule has 0 spiro atoms. The van der Waals surface area contributed by atoms with E-state index in [9.17, 15) is 4.79 Å². The van der Waals surface area contributed by atoms with E-state index in [2.05, 4.69) is 49.8 Å². The van der Waals surface area contributed by atoms with Crippen LogP contribution in [0.4, 0.5) is 4.79 Å². The van der Waals surface area contributed by atoms with Gasteiger partial charge in [0.1, 0.15) is 0 Å². The molecule has 0 saturated heterocycles. The third-order valence-electron chi connectivity index (χ3n) is 5.35. The van der Waals surface area contributed by atoms with Gasteiger partial charge >= 0.3 is 182 Å². The van der Waals surface area contributed by atoms with Crippen LogP contribution in [0.1, 0.15) is 80.1 Å². The number of amides is 1. The second-order valence-corrected chi connectivity index (χ2v) is 28.5. The number of ether oxygens (including phenoxy) is 1. The summed E-state index contributed by atoms with van der Waals surface area (Å²) in [7, 11) is -1.50. The van der Waals surface area contributed by atoms with Crippen LogP contribution in [0.15, 0.2) is 9.29 Å². The molecule has 0 atom stereocenters. The standard InChI is InChI=1S/C11H22NO2Si.3C4H9.Sn/c1-9(15(5,6)7)8-12-10(13)14-11(2,3)4;3*1-3-4-2;/h1H,8H2,2-7H3,(H,12,13);3*1,3-4H2,2H3;. The van der Waals surface area contributed by atoms with Gasteiger partial charge in [0.15, 0.2) is 0 Å². The molecule has 0 aromatic heterocycles. The Morgan fingerprint density at radius 1 is 0.929 bits per heavy atom. The summed E-state index contributed by atoms with van der Waals surface area (Å²) in [4.78, 5) is 12.2. The molecule has 0 aliphatic carbocycles. The fraction of sp³-hybridized carbons (Fsp3) is 0.870. The van der Waals surface area contributed by atoms with E-state index in [-0.39, 0.29) is 6.09 Å². The van der Waals surface area contributed by atoms with E-state index in [0.717, 1.165) is 0 Å². The normalized spacial score (nSPS) is 13.5. The molecular weight excluding hydrogens is 469 g/mol. The monoisotopic (exact) mass is 519 g/mol. The zero-order chi connectivity index (χ0) is 21.8. The number of carbonyl (C=O) groups excluding carboxylic acids is 1. The number of alkyl carbamates (subject to hydrolysis) is 1. The van der Waals surface area contributed by atoms with E-state index in [0.29, 0.717) is 6.54 Å². The molecule has 0 aliphatic heterocycles. The van der Waals surface area contributed by atoms with Crippen molar-refractivity contribution in [3.05, 3.63) is 9.29 Å². The van der Waals surface area contributed by atoms with Crippen LogP contribution in [0.2, 0.25) is 33.0 Å². The summed E-state index contributed by atoms with van der Waals surface area (Å²) in [5.41, 5.74) is -0.445. The maximum atomic E-state index is 12.2. The van der Waals surface area contributed by atoms with Crippen molar-refractivity contribution in [1.29, 1.82) is 0 Å². The van der Waals surface area contributed by atoms with Crippen molar-refractivity contribution in [3.63, 3.8) is 0 Å². The van der Waals surface area contributed by atoms with E-state index < -0.39 is 32.1 Å². The summed E-state index contributed by atoms with van der Waals surface area (Å²) < 4.78 is 12.7. The van der Waals surface area contributed by atoms with E-state index in [1.807, 2.05) is 20.8 Å². The first-order chi connectivity index (χ1) is 12.9. The van der Waals surface area contributed by atoms with Gasteiger partial charge in [-0.15, -0.1) is 0 Å². The van der Waals surface area contributed by atoms with Crippen LogP contribution < -0.4 is 5.32 Å². The van der Waals surface area contributed by atoms with Gasteiger partial charge in [-0.05, 0) is 0 Å². The molecule has 0 aromatic carbocycles. The zero-order valence-electron chi connectivity index (χ0n) is 20.5. The Balaban J connectivity index is 5.66. The molecule has 0 rings (SSSR count). The molecular formula is C23H49NO2SiSn. The molecule has 1 amide bonds. The summed E-state index contributed by atoms with van der Waals surface area (Å²) in [5.74, 6) is 0. The van der Waals surface area contributed by atoms with Crippen molar-refractivity contribution in [1.82, 2.24) is 5.32 Å². The second kappa shape index (κ2) is 13.4. The minimum absolute atomic E-state index is 0.284. The third kappa shape index (κ3) is 12.6. The Morgan fingerprint density at radius 3 is 1.68 bits per heavy atom. The van der Waals surface area contributed by atoms with Crippen molar-refractivity contribution in [3.8, 4) is 0 Å². The fourth-order valence-corrected chi connectivity index (χ4v) is 25.2. The summed E-state index contributed by atoms with van der Waals surface area (Å²) >= 11 is -2.37. The van der Waals surface area contributed by atoms with Crippen molar-refractivity contribution in [2.45, 2.75) is 119 Å². The zero-order valence-corrected chi connectivity index (χ0v) is 24.3. The number of nitrogens with one attached hydrogen (secondary N) is 1. The molecule has 0 fully saturated rings. The number of carbonyl (C=O) groups is 1. The molecule has 0 heterocycles. The van der Waals surface area contributed by atoms with Crippen molar-refractivity contribution >= 4 is 32.5 Å². The fourth-order valence-electron chi connectivity index (χ4n) is 3.56. The molecule has 1 N–H and O–H groups in total. The molecule has 3 nitrogen and oxygen atoms in total. The molecule has 0 bridgehead atoms. The van der Waals surface area contributed by atoms with Crippen LogP contribution in [0.5, 0.6) is 0 Å². The molecule has 0 saturated carbocycles. The van der Waals surface area contributed by atoms with Crippen LogP contribution in [0.25, 0.3) is 0 Å². The molecule has 0 aliphatic rings. The first kappa shape index (κ1) is 28.0. The Kier molecular flexibility index (Phi) is 13.4. The number of unbranched alkanes of at least 4 members (excludes halogenated alkanes) is 3. The average molecular weight is 518 g/mol. The molecule has 0 aromatic rings. The van der Waals surface area contributed by atoms with E-state index in [1.165, 1.54) is 51.8 Å². The van der Waals surface area contributed by atoms with Gasteiger partial charge in [0.05, 0.1) is 0 Å². The van der Waals surface area contributed by atoms with Gasteiger partial charge < -0.3 is 0 Å². The SMILES string of the molecule is CCC[CH2][Sn](/[CH]=C(/CNC(=O)OC(C)(C)C)[Si](C)(C)C)([CH2]CCC)[CH2]CCC. The second-order valence-electron chi connectivity index (χ2n) is 10.4. The summed E-state index contributed by atoms with van der Waals surface area (Å²) in [6.07, 6.45) is 7.72. The van der Waals surface area contributed by atoms with Gasteiger partial charge in [0, 0.05) is 0 Å². The molecule has 0 unspecified atom stereocenters. The van der Waals surface area contributed by atoms with E-state index in [4.69, 9.17) is 4.74 Å². The van der Waals surface area contributed by atoms with Crippen molar-refractivity contribution in [2.24, 2.45) is 0 Å². The van der Waals surface area contributed by atoms with Crippen molar-refractivity contribution in [2.75, 3.05) is 6.54 Å². The molecule has 5 heteroatoms. The molecule has 28 heavy (non-hydrogen) atoms. The first-order valence-corrected chi connectivity index (χ1v) is 22.8. The minimum atomic E-state index is -2.37. The van der Waals surface area contributed by atoms with E-state index in [1.54, 1.807) is 5.20 Å². The van der Waals surface area contributed by atoms with Crippen LogP contribution in [0, 0.1) is 0 Å². The van der Waals surface area contributed by atoms with Gasteiger partial charge in [-0.1, -0.05) is 0 Å². The summed E-state index contributed by atoms with van der Waals surface area (Å²) in [6.45, 7) is 20.7. The Hall–Kier alpha value is 0.0256. The van der Waals surface area contributed by atoms with E-state index >= 15 is 0 Å². The van der Waals surface area contributed by atoms with Gasteiger partial charge in [-0.2, -0.15) is 0 Å². The summed E-state index contributed by atoms with van der Waals surface area (Å²) in [6, 6.07) is 0. The number of hydrogen-bond donors (Lipinski definition) is 1. The first-order valence-electron chi connectivity index (χ1n) is 11.6. The molecule has 0 radical (unpaired) electrons. The van der Waals surface area contributed by atoms with Crippen LogP contribution in [-0.2, 0) is 4.74 Å². The Morgan fingerprint density at radius 2 is 1.36 bits per heavy atom. The predicted octanol–water partition coefficient (Wildman–Crippen LogP) is 7.70. The third-order valence-corrected chi connectivity index (χ3v) is 22.7. The van der Waals surface area contributed by atoms with Crippen LogP contribution in [-0.4, -0.2) is 44.7 Å². The predicted molar refractivity (Wildman–Crippen MR) is 131 cm³/mol. The van der Waals surface area contributed by atoms with Gasteiger partial charge in [0.25, 0.3) is 0 Å². The van der Waals surface area contributed by atoms with Gasteiger partial charge in [-0.3, -0.25) is 0 Å². The average Bonchev–Trinajstić information content (AvgIpc) is 2.57. The van der Waals surface area contributed by atoms with Gasteiger partial charge in [0.2, 0.25) is 0 Å².